The molecule has 2 aromatic carbocycles. The van der Waals surface area contributed by atoms with Crippen LogP contribution in [0.15, 0.2) is 36.4 Å². The lowest BCUT2D eigenvalue weighted by atomic mass is 9.75. The van der Waals surface area contributed by atoms with E-state index in [4.69, 9.17) is 18.9 Å². The van der Waals surface area contributed by atoms with Gasteiger partial charge in [0.1, 0.15) is 17.2 Å². The van der Waals surface area contributed by atoms with Gasteiger partial charge in [0.05, 0.1) is 25.3 Å². The smallest absolute Gasteiger partial charge is 0.354 e. The second-order valence-corrected chi connectivity index (χ2v) is 6.05. The Bertz CT molecular complexity index is 903. The molecular weight excluding hydrogens is 324 g/mol. The van der Waals surface area contributed by atoms with E-state index in [-0.39, 0.29) is 5.78 Å². The molecule has 128 valence electrons. The van der Waals surface area contributed by atoms with Crippen molar-refractivity contribution in [1.82, 2.24) is 0 Å². The Morgan fingerprint density at radius 3 is 2.52 bits per heavy atom. The van der Waals surface area contributed by atoms with Gasteiger partial charge >= 0.3 is 5.97 Å². The molecule has 1 saturated heterocycles. The molecule has 2 heterocycles. The Morgan fingerprint density at radius 1 is 1.04 bits per heavy atom. The molecule has 0 amide bonds. The van der Waals surface area contributed by atoms with Crippen LogP contribution >= 0.6 is 0 Å². The quantitative estimate of drug-likeness (QED) is 0.799. The van der Waals surface area contributed by atoms with Gasteiger partial charge in [-0.2, -0.15) is 0 Å². The molecule has 4 rings (SSSR count). The van der Waals surface area contributed by atoms with Crippen molar-refractivity contribution in [3.05, 3.63) is 53.1 Å². The van der Waals surface area contributed by atoms with Crippen molar-refractivity contribution in [3.8, 4) is 17.2 Å². The van der Waals surface area contributed by atoms with Gasteiger partial charge in [0.2, 0.25) is 11.9 Å². The Labute approximate surface area is 144 Å². The first-order valence-electron chi connectivity index (χ1n) is 7.78. The molecule has 6 nitrogen and oxygen atoms in total. The monoisotopic (exact) mass is 340 g/mol. The third-order valence-electron chi connectivity index (χ3n) is 4.62. The maximum absolute atomic E-state index is 13.2. The Kier molecular flexibility index (Phi) is 3.25. The van der Waals surface area contributed by atoms with E-state index in [0.717, 1.165) is 5.56 Å². The molecule has 2 aromatic rings. The van der Waals surface area contributed by atoms with E-state index >= 15 is 0 Å². The highest BCUT2D eigenvalue weighted by Crippen LogP contribution is 2.51. The molecule has 0 radical (unpaired) electrons. The van der Waals surface area contributed by atoms with Crippen molar-refractivity contribution in [1.29, 1.82) is 0 Å². The van der Waals surface area contributed by atoms with Crippen molar-refractivity contribution in [2.75, 3.05) is 14.2 Å². The van der Waals surface area contributed by atoms with Gasteiger partial charge in [-0.1, -0.05) is 6.07 Å². The SMILES string of the molecule is COc1ccc(C23OC(=O)C2Oc2cc(C)ccc2C3=O)c(OC)c1. The predicted octanol–water partition coefficient (Wildman–Crippen LogP) is 2.41. The van der Waals surface area contributed by atoms with Crippen molar-refractivity contribution in [3.63, 3.8) is 0 Å². The molecule has 0 saturated carbocycles. The number of ether oxygens (including phenoxy) is 4. The molecule has 2 aliphatic rings. The van der Waals surface area contributed by atoms with Crippen molar-refractivity contribution < 1.29 is 28.5 Å². The third kappa shape index (κ3) is 1.97. The fourth-order valence-electron chi connectivity index (χ4n) is 3.34. The Hall–Kier alpha value is -3.02. The van der Waals surface area contributed by atoms with Crippen LogP contribution in [-0.4, -0.2) is 32.1 Å². The third-order valence-corrected chi connectivity index (χ3v) is 4.62. The van der Waals surface area contributed by atoms with E-state index in [1.165, 1.54) is 14.2 Å². The number of fused-ring (bicyclic) bond motifs is 2. The summed E-state index contributed by atoms with van der Waals surface area (Å²) in [5.41, 5.74) is 0.231. The number of Topliss-reactive ketones (excluding diaryl/α,β-unsaturated/α-hetero) is 1. The van der Waals surface area contributed by atoms with E-state index < -0.39 is 17.7 Å². The summed E-state index contributed by atoms with van der Waals surface area (Å²) in [7, 11) is 3.02. The summed E-state index contributed by atoms with van der Waals surface area (Å²) in [6, 6.07) is 10.2. The van der Waals surface area contributed by atoms with Gasteiger partial charge in [0.15, 0.2) is 0 Å². The molecule has 6 heteroatoms. The lowest BCUT2D eigenvalue weighted by Crippen LogP contribution is -2.68. The van der Waals surface area contributed by atoms with Crippen molar-refractivity contribution >= 4 is 11.8 Å². The summed E-state index contributed by atoms with van der Waals surface area (Å²) >= 11 is 0. The number of hydrogen-bond acceptors (Lipinski definition) is 6. The standard InChI is InChI=1S/C19H16O6/c1-10-4-6-12-14(8-10)24-17-18(21)25-19(17,16(12)20)13-7-5-11(22-2)9-15(13)23-3/h4-9,17H,1-3H3. The van der Waals surface area contributed by atoms with Crippen LogP contribution in [0.2, 0.25) is 0 Å². The molecule has 0 spiro atoms. The summed E-state index contributed by atoms with van der Waals surface area (Å²) in [6.45, 7) is 1.89. The summed E-state index contributed by atoms with van der Waals surface area (Å²) in [5.74, 6) is 0.471. The number of esters is 1. The van der Waals surface area contributed by atoms with Gasteiger partial charge in [-0.25, -0.2) is 4.79 Å². The van der Waals surface area contributed by atoms with E-state index in [9.17, 15) is 9.59 Å². The molecule has 0 aliphatic carbocycles. The Morgan fingerprint density at radius 2 is 1.84 bits per heavy atom. The number of benzene rings is 2. The van der Waals surface area contributed by atoms with Crippen molar-refractivity contribution in [2.24, 2.45) is 0 Å². The van der Waals surface area contributed by atoms with Crippen LogP contribution in [0, 0.1) is 6.92 Å². The molecule has 1 fully saturated rings. The van der Waals surface area contributed by atoms with Crippen LogP contribution in [0.1, 0.15) is 21.5 Å². The van der Waals surface area contributed by atoms with Gasteiger partial charge in [0, 0.05) is 6.07 Å². The van der Waals surface area contributed by atoms with Gasteiger partial charge in [-0.3, -0.25) is 4.79 Å². The van der Waals surface area contributed by atoms with Crippen LogP contribution in [0.4, 0.5) is 0 Å². The minimum atomic E-state index is -1.53. The fourth-order valence-corrected chi connectivity index (χ4v) is 3.34. The maximum Gasteiger partial charge on any atom is 0.354 e. The molecule has 0 bridgehead atoms. The summed E-state index contributed by atoms with van der Waals surface area (Å²) in [6.07, 6.45) is -1.03. The number of hydrogen-bond donors (Lipinski definition) is 0. The zero-order valence-electron chi connectivity index (χ0n) is 14.0. The molecule has 0 N–H and O–H groups in total. The average Bonchev–Trinajstić information content (AvgIpc) is 2.62. The molecule has 2 atom stereocenters. The molecule has 2 aliphatic heterocycles. The first-order chi connectivity index (χ1) is 12.0. The fraction of sp³-hybridized carbons (Fsp3) is 0.263. The minimum Gasteiger partial charge on any atom is -0.497 e. The largest absolute Gasteiger partial charge is 0.497 e. The minimum absolute atomic E-state index is 0.318. The van der Waals surface area contributed by atoms with Crippen molar-refractivity contribution in [2.45, 2.75) is 18.6 Å². The first-order valence-corrected chi connectivity index (χ1v) is 7.78. The number of carbonyl (C=O) groups is 2. The highest BCUT2D eigenvalue weighted by atomic mass is 16.7. The zero-order chi connectivity index (χ0) is 17.8. The van der Waals surface area contributed by atoms with E-state index in [2.05, 4.69) is 0 Å². The first kappa shape index (κ1) is 15.5. The summed E-state index contributed by atoms with van der Waals surface area (Å²) in [4.78, 5) is 25.3. The lowest BCUT2D eigenvalue weighted by Gasteiger charge is -2.48. The molecule has 2 unspecified atom stereocenters. The summed E-state index contributed by atoms with van der Waals surface area (Å²) < 4.78 is 21.8. The van der Waals surface area contributed by atoms with Crippen LogP contribution in [0.25, 0.3) is 0 Å². The van der Waals surface area contributed by atoms with Crippen LogP contribution < -0.4 is 14.2 Å². The molecule has 0 aromatic heterocycles. The second kappa shape index (κ2) is 5.24. The highest BCUT2D eigenvalue weighted by molar-refractivity contribution is 6.13. The lowest BCUT2D eigenvalue weighted by molar-refractivity contribution is -0.216. The van der Waals surface area contributed by atoms with Crippen LogP contribution in [0.5, 0.6) is 17.2 Å². The topological polar surface area (TPSA) is 71.1 Å². The number of ketones is 1. The molecular formula is C19H16O6. The number of aryl methyl sites for hydroxylation is 1. The zero-order valence-corrected chi connectivity index (χ0v) is 14.0. The number of carbonyl (C=O) groups excluding carboxylic acids is 2. The second-order valence-electron chi connectivity index (χ2n) is 6.05. The van der Waals surface area contributed by atoms with Gasteiger partial charge in [0.25, 0.3) is 5.60 Å². The number of methoxy groups -OCH3 is 2. The predicted molar refractivity (Wildman–Crippen MR) is 87.2 cm³/mol. The van der Waals surface area contributed by atoms with E-state index in [1.807, 2.05) is 13.0 Å². The molecule has 25 heavy (non-hydrogen) atoms. The Balaban J connectivity index is 1.90. The van der Waals surface area contributed by atoms with E-state index in [1.54, 1.807) is 30.3 Å². The number of rotatable bonds is 3. The summed E-state index contributed by atoms with van der Waals surface area (Å²) in [5, 5.41) is 0. The normalized spacial score (nSPS) is 23.6. The highest BCUT2D eigenvalue weighted by Gasteiger charge is 2.68. The van der Waals surface area contributed by atoms with Gasteiger partial charge in [-0.05, 0) is 36.8 Å². The van der Waals surface area contributed by atoms with Crippen LogP contribution in [0.3, 0.4) is 0 Å². The van der Waals surface area contributed by atoms with Gasteiger partial charge in [-0.15, -0.1) is 0 Å². The van der Waals surface area contributed by atoms with E-state index in [0.29, 0.717) is 28.4 Å². The van der Waals surface area contributed by atoms with Crippen LogP contribution in [-0.2, 0) is 15.1 Å². The van der Waals surface area contributed by atoms with Gasteiger partial charge < -0.3 is 18.9 Å². The average molecular weight is 340 g/mol. The maximum atomic E-state index is 13.2.